The fourth-order valence-corrected chi connectivity index (χ4v) is 3.27. The van der Waals surface area contributed by atoms with Gasteiger partial charge in [-0.3, -0.25) is 0 Å². The van der Waals surface area contributed by atoms with Gasteiger partial charge < -0.3 is 9.84 Å². The molecule has 0 aromatic heterocycles. The SMILES string of the molecule is CCOC1(C(O)Cc2cc(F)ccc2C)CCCCC1. The highest BCUT2D eigenvalue weighted by Crippen LogP contribution is 2.36. The molecule has 0 spiro atoms. The number of aliphatic hydroxyl groups excluding tert-OH is 1. The van der Waals surface area contributed by atoms with E-state index in [2.05, 4.69) is 0 Å². The second-order valence-corrected chi connectivity index (χ2v) is 5.85. The van der Waals surface area contributed by atoms with Gasteiger partial charge in [0.1, 0.15) is 5.82 Å². The number of aliphatic hydroxyl groups is 1. The Morgan fingerprint density at radius 1 is 1.30 bits per heavy atom. The minimum Gasteiger partial charge on any atom is -0.390 e. The van der Waals surface area contributed by atoms with Crippen molar-refractivity contribution in [3.63, 3.8) is 0 Å². The van der Waals surface area contributed by atoms with Crippen molar-refractivity contribution in [2.75, 3.05) is 6.61 Å². The average molecular weight is 280 g/mol. The van der Waals surface area contributed by atoms with E-state index in [9.17, 15) is 9.50 Å². The summed E-state index contributed by atoms with van der Waals surface area (Å²) >= 11 is 0. The molecule has 1 atom stereocenters. The fourth-order valence-electron chi connectivity index (χ4n) is 3.27. The molecule has 0 amide bonds. The van der Waals surface area contributed by atoms with Crippen molar-refractivity contribution in [1.29, 1.82) is 0 Å². The van der Waals surface area contributed by atoms with Crippen molar-refractivity contribution in [2.45, 2.75) is 64.1 Å². The molecular weight excluding hydrogens is 255 g/mol. The number of aryl methyl sites for hydroxylation is 1. The first-order chi connectivity index (χ1) is 9.57. The summed E-state index contributed by atoms with van der Waals surface area (Å²) in [6, 6.07) is 4.76. The molecule has 20 heavy (non-hydrogen) atoms. The zero-order valence-corrected chi connectivity index (χ0v) is 12.5. The molecule has 1 aromatic carbocycles. The summed E-state index contributed by atoms with van der Waals surface area (Å²) in [6.45, 7) is 4.53. The quantitative estimate of drug-likeness (QED) is 0.889. The van der Waals surface area contributed by atoms with Gasteiger partial charge in [-0.05, 0) is 49.9 Å². The Morgan fingerprint density at radius 3 is 2.65 bits per heavy atom. The minimum atomic E-state index is -0.566. The van der Waals surface area contributed by atoms with Crippen LogP contribution in [0.25, 0.3) is 0 Å². The largest absolute Gasteiger partial charge is 0.390 e. The monoisotopic (exact) mass is 280 g/mol. The lowest BCUT2D eigenvalue weighted by molar-refractivity contribution is -0.138. The third-order valence-electron chi connectivity index (χ3n) is 4.46. The van der Waals surface area contributed by atoms with E-state index in [4.69, 9.17) is 4.74 Å². The van der Waals surface area contributed by atoms with Crippen LogP contribution in [0.1, 0.15) is 50.2 Å². The first-order valence-corrected chi connectivity index (χ1v) is 7.64. The molecule has 2 nitrogen and oxygen atoms in total. The molecular formula is C17H25FO2. The summed E-state index contributed by atoms with van der Waals surface area (Å²) in [5, 5.41) is 10.7. The molecule has 0 heterocycles. The highest BCUT2D eigenvalue weighted by Gasteiger charge is 2.39. The van der Waals surface area contributed by atoms with Crippen LogP contribution in [0, 0.1) is 12.7 Å². The van der Waals surface area contributed by atoms with Gasteiger partial charge in [0.05, 0.1) is 11.7 Å². The van der Waals surface area contributed by atoms with Crippen LogP contribution >= 0.6 is 0 Å². The summed E-state index contributed by atoms with van der Waals surface area (Å²) < 4.78 is 19.3. The molecule has 1 unspecified atom stereocenters. The lowest BCUT2D eigenvalue weighted by atomic mass is 9.78. The van der Waals surface area contributed by atoms with E-state index in [1.54, 1.807) is 6.07 Å². The number of hydrogen-bond acceptors (Lipinski definition) is 2. The van der Waals surface area contributed by atoms with Crippen molar-refractivity contribution in [2.24, 2.45) is 0 Å². The zero-order chi connectivity index (χ0) is 14.6. The van der Waals surface area contributed by atoms with Gasteiger partial charge in [-0.25, -0.2) is 4.39 Å². The molecule has 0 radical (unpaired) electrons. The van der Waals surface area contributed by atoms with Crippen molar-refractivity contribution < 1.29 is 14.2 Å². The minimum absolute atomic E-state index is 0.244. The summed E-state index contributed by atoms with van der Waals surface area (Å²) in [5.74, 6) is -0.244. The Bertz CT molecular complexity index is 433. The van der Waals surface area contributed by atoms with Crippen molar-refractivity contribution in [3.8, 4) is 0 Å². The molecule has 1 saturated carbocycles. The van der Waals surface area contributed by atoms with E-state index in [-0.39, 0.29) is 5.82 Å². The van der Waals surface area contributed by atoms with E-state index >= 15 is 0 Å². The summed E-state index contributed by atoms with van der Waals surface area (Å²) in [7, 11) is 0. The molecule has 2 rings (SSSR count). The van der Waals surface area contributed by atoms with Crippen LogP contribution in [0.3, 0.4) is 0 Å². The van der Waals surface area contributed by atoms with Crippen molar-refractivity contribution in [1.82, 2.24) is 0 Å². The molecule has 1 fully saturated rings. The van der Waals surface area contributed by atoms with Crippen LogP contribution in [0.15, 0.2) is 18.2 Å². The molecule has 1 N–H and O–H groups in total. The van der Waals surface area contributed by atoms with Crippen LogP contribution in [0.2, 0.25) is 0 Å². The van der Waals surface area contributed by atoms with Gasteiger partial charge in [0, 0.05) is 13.0 Å². The summed E-state index contributed by atoms with van der Waals surface area (Å²) in [5.41, 5.74) is 1.46. The molecule has 112 valence electrons. The smallest absolute Gasteiger partial charge is 0.123 e. The maximum atomic E-state index is 13.4. The molecule has 0 aliphatic heterocycles. The molecule has 0 bridgehead atoms. The van der Waals surface area contributed by atoms with Gasteiger partial charge >= 0.3 is 0 Å². The van der Waals surface area contributed by atoms with Gasteiger partial charge in [-0.2, -0.15) is 0 Å². The predicted octanol–water partition coefficient (Wildman–Crippen LogP) is 3.78. The topological polar surface area (TPSA) is 29.5 Å². The van der Waals surface area contributed by atoms with Gasteiger partial charge in [0.2, 0.25) is 0 Å². The first-order valence-electron chi connectivity index (χ1n) is 7.64. The van der Waals surface area contributed by atoms with Crippen LogP contribution in [0.5, 0.6) is 0 Å². The zero-order valence-electron chi connectivity index (χ0n) is 12.5. The molecule has 1 aliphatic rings. The number of benzene rings is 1. The van der Waals surface area contributed by atoms with Crippen molar-refractivity contribution >= 4 is 0 Å². The van der Waals surface area contributed by atoms with E-state index in [0.29, 0.717) is 13.0 Å². The summed E-state index contributed by atoms with van der Waals surface area (Å²) in [4.78, 5) is 0. The third-order valence-corrected chi connectivity index (χ3v) is 4.46. The standard InChI is InChI=1S/C17H25FO2/c1-3-20-17(9-5-4-6-10-17)16(19)12-14-11-15(18)8-7-13(14)2/h7-8,11,16,19H,3-6,9-10,12H2,1-2H3. The van der Waals surface area contributed by atoms with Crippen LogP contribution < -0.4 is 0 Å². The van der Waals surface area contributed by atoms with Crippen LogP contribution in [-0.4, -0.2) is 23.4 Å². The Labute approximate surface area is 121 Å². The first kappa shape index (κ1) is 15.5. The Morgan fingerprint density at radius 2 is 2.00 bits per heavy atom. The Kier molecular flexibility index (Phi) is 5.17. The molecule has 0 saturated heterocycles. The van der Waals surface area contributed by atoms with Crippen LogP contribution in [-0.2, 0) is 11.2 Å². The third kappa shape index (κ3) is 3.39. The van der Waals surface area contributed by atoms with E-state index in [1.165, 1.54) is 18.6 Å². The molecule has 3 heteroatoms. The number of halogens is 1. The summed E-state index contributed by atoms with van der Waals surface area (Å²) in [6.07, 6.45) is 5.10. The fraction of sp³-hybridized carbons (Fsp3) is 0.647. The highest BCUT2D eigenvalue weighted by atomic mass is 19.1. The van der Waals surface area contributed by atoms with Gasteiger partial charge in [0.25, 0.3) is 0 Å². The second kappa shape index (κ2) is 6.68. The lowest BCUT2D eigenvalue weighted by Crippen LogP contribution is -2.47. The molecule has 1 aliphatic carbocycles. The van der Waals surface area contributed by atoms with Gasteiger partial charge in [0.15, 0.2) is 0 Å². The van der Waals surface area contributed by atoms with Gasteiger partial charge in [-0.15, -0.1) is 0 Å². The average Bonchev–Trinajstić information content (AvgIpc) is 2.44. The normalized spacial score (nSPS) is 19.8. The lowest BCUT2D eigenvalue weighted by Gasteiger charge is -2.41. The highest BCUT2D eigenvalue weighted by molar-refractivity contribution is 5.27. The second-order valence-electron chi connectivity index (χ2n) is 5.85. The van der Waals surface area contributed by atoms with Crippen molar-refractivity contribution in [3.05, 3.63) is 35.1 Å². The van der Waals surface area contributed by atoms with Gasteiger partial charge in [-0.1, -0.05) is 25.3 Å². The predicted molar refractivity (Wildman–Crippen MR) is 78.3 cm³/mol. The number of ether oxygens (including phenoxy) is 1. The van der Waals surface area contributed by atoms with E-state index < -0.39 is 11.7 Å². The Balaban J connectivity index is 2.15. The number of hydrogen-bond donors (Lipinski definition) is 1. The molecule has 1 aromatic rings. The number of rotatable bonds is 5. The van der Waals surface area contributed by atoms with E-state index in [1.807, 2.05) is 13.8 Å². The van der Waals surface area contributed by atoms with Crippen LogP contribution in [0.4, 0.5) is 4.39 Å². The Hall–Kier alpha value is -0.930. The maximum absolute atomic E-state index is 13.4. The maximum Gasteiger partial charge on any atom is 0.123 e. The van der Waals surface area contributed by atoms with E-state index in [0.717, 1.165) is 36.8 Å².